The van der Waals surface area contributed by atoms with Crippen molar-refractivity contribution in [2.24, 2.45) is 10.9 Å². The zero-order valence-electron chi connectivity index (χ0n) is 10.3. The van der Waals surface area contributed by atoms with Gasteiger partial charge in [0.1, 0.15) is 17.2 Å². The highest BCUT2D eigenvalue weighted by Crippen LogP contribution is 2.33. The van der Waals surface area contributed by atoms with Crippen LogP contribution in [0.25, 0.3) is 11.0 Å². The van der Waals surface area contributed by atoms with Crippen LogP contribution >= 0.6 is 11.3 Å². The Morgan fingerprint density at radius 1 is 1.45 bits per heavy atom. The van der Waals surface area contributed by atoms with Crippen LogP contribution < -0.4 is 10.5 Å². The molecule has 0 radical (unpaired) electrons. The molecule has 0 fully saturated rings. The number of aromatic nitrogens is 1. The summed E-state index contributed by atoms with van der Waals surface area (Å²) in [7, 11) is 0. The molecule has 3 N–H and O–H groups in total. The maximum absolute atomic E-state index is 8.83. The number of thiazole rings is 1. The van der Waals surface area contributed by atoms with Gasteiger partial charge in [-0.05, 0) is 12.1 Å². The van der Waals surface area contributed by atoms with E-state index in [0.717, 1.165) is 10.4 Å². The molecule has 0 atom stereocenters. The summed E-state index contributed by atoms with van der Waals surface area (Å²) in [4.78, 5) is 4.14. The fourth-order valence-corrected chi connectivity index (χ4v) is 2.36. The van der Waals surface area contributed by atoms with E-state index in [2.05, 4.69) is 10.1 Å². The van der Waals surface area contributed by atoms with Crippen molar-refractivity contribution in [1.29, 1.82) is 0 Å². The number of nitrogens with zero attached hydrogens (tertiary/aromatic N) is 2. The lowest BCUT2D eigenvalue weighted by Crippen LogP contribution is -2.13. The van der Waals surface area contributed by atoms with Crippen LogP contribution in [0.3, 0.4) is 0 Å². The Morgan fingerprint density at radius 2 is 2.30 bits per heavy atom. The molecule has 0 bridgehead atoms. The Bertz CT molecular complexity index is 749. The Balaban J connectivity index is 2.02. The third-order valence-corrected chi connectivity index (χ3v) is 3.47. The second-order valence-electron chi connectivity index (χ2n) is 3.96. The largest absolute Gasteiger partial charge is 0.482 e. The van der Waals surface area contributed by atoms with Gasteiger partial charge in [-0.3, -0.25) is 0 Å². The Kier molecular flexibility index (Phi) is 3.26. The number of hydrogen-bond donors (Lipinski definition) is 2. The second kappa shape index (κ2) is 5.22. The van der Waals surface area contributed by atoms with Gasteiger partial charge in [0.15, 0.2) is 5.75 Å². The van der Waals surface area contributed by atoms with Crippen LogP contribution in [0, 0.1) is 0 Å². The summed E-state index contributed by atoms with van der Waals surface area (Å²) in [6, 6.07) is 7.35. The van der Waals surface area contributed by atoms with Gasteiger partial charge in [-0.1, -0.05) is 17.3 Å². The van der Waals surface area contributed by atoms with E-state index in [-0.39, 0.29) is 11.6 Å². The van der Waals surface area contributed by atoms with Gasteiger partial charge in [0.25, 0.3) is 0 Å². The van der Waals surface area contributed by atoms with Gasteiger partial charge in [-0.25, -0.2) is 4.98 Å². The van der Waals surface area contributed by atoms with Crippen LogP contribution in [-0.2, 0) is 6.61 Å². The molecule has 0 spiro atoms. The molecule has 0 aliphatic carbocycles. The maximum atomic E-state index is 8.83. The maximum Gasteiger partial charge on any atom is 0.215 e. The number of para-hydroxylation sites is 1. The first-order chi connectivity index (χ1) is 9.79. The average molecular weight is 289 g/mol. The van der Waals surface area contributed by atoms with Crippen molar-refractivity contribution in [3.63, 3.8) is 0 Å². The summed E-state index contributed by atoms with van der Waals surface area (Å²) in [5.41, 5.74) is 6.24. The van der Waals surface area contributed by atoms with E-state index in [4.69, 9.17) is 20.1 Å². The van der Waals surface area contributed by atoms with Crippen molar-refractivity contribution >= 4 is 28.1 Å². The highest BCUT2D eigenvalue weighted by atomic mass is 32.1. The second-order valence-corrected chi connectivity index (χ2v) is 4.94. The molecule has 7 heteroatoms. The topological polar surface area (TPSA) is 93.9 Å². The lowest BCUT2D eigenvalue weighted by atomic mass is 10.2. The molecule has 1 aromatic carbocycles. The molecule has 0 unspecified atom stereocenters. The number of rotatable bonds is 4. The van der Waals surface area contributed by atoms with Gasteiger partial charge in [-0.15, -0.1) is 11.3 Å². The van der Waals surface area contributed by atoms with Crippen LogP contribution in [0.5, 0.6) is 5.75 Å². The monoisotopic (exact) mass is 289 g/mol. The van der Waals surface area contributed by atoms with Crippen molar-refractivity contribution in [2.75, 3.05) is 0 Å². The number of furan rings is 1. The zero-order chi connectivity index (χ0) is 13.9. The molecule has 2 heterocycles. The van der Waals surface area contributed by atoms with Gasteiger partial charge in [0.2, 0.25) is 11.6 Å². The smallest absolute Gasteiger partial charge is 0.215 e. The number of amidine groups is 1. The molecule has 3 rings (SSSR count). The van der Waals surface area contributed by atoms with E-state index in [1.54, 1.807) is 12.3 Å². The predicted octanol–water partition coefficient (Wildman–Crippen LogP) is 2.56. The molecule has 0 saturated heterocycles. The van der Waals surface area contributed by atoms with Crippen LogP contribution in [0.2, 0.25) is 0 Å². The Morgan fingerprint density at radius 3 is 3.05 bits per heavy atom. The first-order valence-corrected chi connectivity index (χ1v) is 6.68. The summed E-state index contributed by atoms with van der Waals surface area (Å²) in [5, 5.41) is 15.3. The SMILES string of the molecule is N/C(=N/O)c1oc2ccccc2c1OCc1nccs1. The van der Waals surface area contributed by atoms with Gasteiger partial charge >= 0.3 is 0 Å². The molecule has 0 aliphatic heterocycles. The summed E-state index contributed by atoms with van der Waals surface area (Å²) in [6.07, 6.45) is 1.71. The normalized spacial score (nSPS) is 11.9. The summed E-state index contributed by atoms with van der Waals surface area (Å²) in [6.45, 7) is 0.299. The highest BCUT2D eigenvalue weighted by Gasteiger charge is 2.19. The van der Waals surface area contributed by atoms with E-state index in [1.807, 2.05) is 23.6 Å². The molecule has 3 aromatic rings. The van der Waals surface area contributed by atoms with Crippen molar-refractivity contribution < 1.29 is 14.4 Å². The van der Waals surface area contributed by atoms with Crippen LogP contribution in [0.15, 0.2) is 45.4 Å². The van der Waals surface area contributed by atoms with Gasteiger partial charge in [0, 0.05) is 11.6 Å². The van der Waals surface area contributed by atoms with E-state index in [0.29, 0.717) is 17.9 Å². The number of hydrogen-bond acceptors (Lipinski definition) is 6. The molecule has 6 nitrogen and oxygen atoms in total. The van der Waals surface area contributed by atoms with E-state index in [9.17, 15) is 0 Å². The molecule has 0 saturated carbocycles. The fourth-order valence-electron chi connectivity index (χ4n) is 1.84. The molecule has 0 aliphatic rings. The summed E-state index contributed by atoms with van der Waals surface area (Å²) >= 11 is 1.49. The number of fused-ring (bicyclic) bond motifs is 1. The lowest BCUT2D eigenvalue weighted by Gasteiger charge is -2.04. The first-order valence-electron chi connectivity index (χ1n) is 5.80. The molecule has 0 amide bonds. The standard InChI is InChI=1S/C13H11N3O3S/c14-13(16-17)12-11(18-7-10-15-5-6-20-10)8-3-1-2-4-9(8)19-12/h1-6,17H,7H2,(H2,14,16). The number of benzene rings is 1. The van der Waals surface area contributed by atoms with E-state index >= 15 is 0 Å². The van der Waals surface area contributed by atoms with Gasteiger partial charge in [-0.2, -0.15) is 0 Å². The van der Waals surface area contributed by atoms with E-state index in [1.165, 1.54) is 11.3 Å². The van der Waals surface area contributed by atoms with Crippen molar-refractivity contribution in [3.8, 4) is 5.75 Å². The van der Waals surface area contributed by atoms with Crippen LogP contribution in [0.4, 0.5) is 0 Å². The molecule has 20 heavy (non-hydrogen) atoms. The van der Waals surface area contributed by atoms with E-state index < -0.39 is 0 Å². The number of ether oxygens (including phenoxy) is 1. The minimum atomic E-state index is -0.129. The minimum Gasteiger partial charge on any atom is -0.482 e. The van der Waals surface area contributed by atoms with Gasteiger partial charge < -0.3 is 20.1 Å². The van der Waals surface area contributed by atoms with Gasteiger partial charge in [0.05, 0.1) is 5.39 Å². The zero-order valence-corrected chi connectivity index (χ0v) is 11.1. The fraction of sp³-hybridized carbons (Fsp3) is 0.0769. The predicted molar refractivity (Wildman–Crippen MR) is 75.2 cm³/mol. The molecule has 2 aromatic heterocycles. The third kappa shape index (κ3) is 2.19. The van der Waals surface area contributed by atoms with Crippen LogP contribution in [-0.4, -0.2) is 16.0 Å². The molecular formula is C13H11N3O3S. The summed E-state index contributed by atoms with van der Waals surface area (Å²) < 4.78 is 11.3. The van der Waals surface area contributed by atoms with Crippen LogP contribution in [0.1, 0.15) is 10.8 Å². The Labute approximate surface area is 118 Å². The van der Waals surface area contributed by atoms with Crippen molar-refractivity contribution in [1.82, 2.24) is 4.98 Å². The number of oxime groups is 1. The summed E-state index contributed by atoms with van der Waals surface area (Å²) in [5.74, 6) is 0.534. The molecule has 102 valence electrons. The molecular weight excluding hydrogens is 278 g/mol. The third-order valence-electron chi connectivity index (χ3n) is 2.71. The first kappa shape index (κ1) is 12.5. The highest BCUT2D eigenvalue weighted by molar-refractivity contribution is 7.09. The number of nitrogens with two attached hydrogens (primary N) is 1. The Hall–Kier alpha value is -2.54. The average Bonchev–Trinajstić information content (AvgIpc) is 3.11. The minimum absolute atomic E-state index is 0.129. The van der Waals surface area contributed by atoms with Crippen molar-refractivity contribution in [2.45, 2.75) is 6.61 Å². The van der Waals surface area contributed by atoms with Crippen molar-refractivity contribution in [3.05, 3.63) is 46.6 Å². The quantitative estimate of drug-likeness (QED) is 0.333. The lowest BCUT2D eigenvalue weighted by molar-refractivity contribution is 0.300.